The van der Waals surface area contributed by atoms with Crippen LogP contribution in [0.15, 0.2) is 48.5 Å². The van der Waals surface area contributed by atoms with E-state index >= 15 is 0 Å². The average molecular weight is 377 g/mol. The lowest BCUT2D eigenvalue weighted by molar-refractivity contribution is -0.150. The number of likely N-dealkylation sites (tertiary alicyclic amines) is 1. The summed E-state index contributed by atoms with van der Waals surface area (Å²) < 4.78 is 0. The summed E-state index contributed by atoms with van der Waals surface area (Å²) in [7, 11) is 1.45. The molecule has 7 heteroatoms. The van der Waals surface area contributed by atoms with E-state index in [1.165, 1.54) is 11.9 Å². The molecule has 0 aromatic heterocycles. The summed E-state index contributed by atoms with van der Waals surface area (Å²) in [4.78, 5) is 51.8. The van der Waals surface area contributed by atoms with Crippen molar-refractivity contribution in [3.63, 3.8) is 0 Å². The van der Waals surface area contributed by atoms with Gasteiger partial charge in [0, 0.05) is 36.8 Å². The minimum absolute atomic E-state index is 0.225. The molecule has 0 radical (unpaired) electrons. The van der Waals surface area contributed by atoms with Crippen LogP contribution in [0.5, 0.6) is 0 Å². The van der Waals surface area contributed by atoms with Crippen LogP contribution in [0.2, 0.25) is 0 Å². The molecule has 0 spiro atoms. The lowest BCUT2D eigenvalue weighted by Gasteiger charge is -2.33. The van der Waals surface area contributed by atoms with Crippen LogP contribution in [0.4, 0.5) is 5.69 Å². The summed E-state index contributed by atoms with van der Waals surface area (Å²) in [6.45, 7) is 0.279. The third-order valence-electron chi connectivity index (χ3n) is 5.23. The van der Waals surface area contributed by atoms with Gasteiger partial charge in [0.25, 0.3) is 17.7 Å². The van der Waals surface area contributed by atoms with E-state index in [1.807, 2.05) is 6.07 Å². The number of imide groups is 1. The van der Waals surface area contributed by atoms with E-state index in [2.05, 4.69) is 5.32 Å². The zero-order valence-corrected chi connectivity index (χ0v) is 15.3. The average Bonchev–Trinajstić information content (AvgIpc) is 3.03. The van der Waals surface area contributed by atoms with Crippen LogP contribution in [0.25, 0.3) is 0 Å². The molecular formula is C21H19N3O4. The number of rotatable bonds is 3. The van der Waals surface area contributed by atoms with Gasteiger partial charge in [-0.3, -0.25) is 24.1 Å². The molecule has 2 aromatic carbocycles. The Hall–Kier alpha value is -3.48. The Morgan fingerprint density at radius 1 is 1.07 bits per heavy atom. The van der Waals surface area contributed by atoms with Crippen molar-refractivity contribution in [1.29, 1.82) is 0 Å². The minimum Gasteiger partial charge on any atom is -0.322 e. The Bertz CT molecular complexity index is 986. The van der Waals surface area contributed by atoms with Crippen LogP contribution in [0, 0.1) is 0 Å². The van der Waals surface area contributed by atoms with E-state index in [-0.39, 0.29) is 36.6 Å². The maximum absolute atomic E-state index is 12.8. The van der Waals surface area contributed by atoms with Crippen molar-refractivity contribution >= 4 is 29.3 Å². The van der Waals surface area contributed by atoms with Crippen molar-refractivity contribution in [3.05, 3.63) is 65.2 Å². The normalized spacial score (nSPS) is 19.0. The first-order valence-corrected chi connectivity index (χ1v) is 9.06. The number of piperidine rings is 1. The molecule has 4 rings (SSSR count). The zero-order chi connectivity index (χ0) is 19.8. The number of amides is 4. The molecule has 1 saturated heterocycles. The number of carbonyl (C=O) groups excluding carboxylic acids is 4. The van der Waals surface area contributed by atoms with Gasteiger partial charge >= 0.3 is 0 Å². The molecule has 2 aliphatic rings. The molecule has 2 aliphatic heterocycles. The fourth-order valence-corrected chi connectivity index (χ4v) is 3.65. The third kappa shape index (κ3) is 3.05. The number of hydrogen-bond acceptors (Lipinski definition) is 4. The van der Waals surface area contributed by atoms with E-state index in [0.29, 0.717) is 23.2 Å². The Kier molecular flexibility index (Phi) is 4.43. The Morgan fingerprint density at radius 2 is 1.82 bits per heavy atom. The van der Waals surface area contributed by atoms with E-state index in [1.54, 1.807) is 42.5 Å². The summed E-state index contributed by atoms with van der Waals surface area (Å²) in [6, 6.07) is 13.3. The first kappa shape index (κ1) is 17.9. The first-order chi connectivity index (χ1) is 13.5. The van der Waals surface area contributed by atoms with Crippen molar-refractivity contribution in [2.24, 2.45) is 0 Å². The largest absolute Gasteiger partial charge is 0.322 e. The summed E-state index contributed by atoms with van der Waals surface area (Å²) in [5.74, 6) is -1.03. The predicted molar refractivity (Wildman–Crippen MR) is 102 cm³/mol. The molecule has 7 nitrogen and oxygen atoms in total. The van der Waals surface area contributed by atoms with Gasteiger partial charge in [0.1, 0.15) is 6.04 Å². The maximum Gasteiger partial charge on any atom is 0.255 e. The summed E-state index contributed by atoms with van der Waals surface area (Å²) in [6.07, 6.45) is 0.574. The highest BCUT2D eigenvalue weighted by Gasteiger charge is 2.41. The second kappa shape index (κ2) is 6.92. The molecule has 0 saturated carbocycles. The van der Waals surface area contributed by atoms with Gasteiger partial charge in [-0.15, -0.1) is 0 Å². The molecule has 28 heavy (non-hydrogen) atoms. The fourth-order valence-electron chi connectivity index (χ4n) is 3.65. The molecule has 1 N–H and O–H groups in total. The fraction of sp³-hybridized carbons (Fsp3) is 0.238. The van der Waals surface area contributed by atoms with Crippen molar-refractivity contribution in [1.82, 2.24) is 9.80 Å². The van der Waals surface area contributed by atoms with E-state index in [4.69, 9.17) is 0 Å². The lowest BCUT2D eigenvalue weighted by Crippen LogP contribution is -2.53. The van der Waals surface area contributed by atoms with Gasteiger partial charge in [0.15, 0.2) is 0 Å². The molecule has 1 atom stereocenters. The standard InChI is InChI=1S/C21H19N3O4/c1-23-18(25)10-9-17(21(23)28)24-12-14-11-15(7-8-16(14)20(24)27)22-19(26)13-5-3-2-4-6-13/h2-8,11,17H,9-10,12H2,1H3,(H,22,26). The van der Waals surface area contributed by atoms with E-state index in [0.717, 1.165) is 10.5 Å². The predicted octanol–water partition coefficient (Wildman–Crippen LogP) is 2.04. The molecule has 4 amide bonds. The molecule has 0 bridgehead atoms. The number of hydrogen-bond donors (Lipinski definition) is 1. The van der Waals surface area contributed by atoms with Gasteiger partial charge in [-0.1, -0.05) is 18.2 Å². The lowest BCUT2D eigenvalue weighted by atomic mass is 10.0. The summed E-state index contributed by atoms with van der Waals surface area (Å²) >= 11 is 0. The zero-order valence-electron chi connectivity index (χ0n) is 15.3. The third-order valence-corrected chi connectivity index (χ3v) is 5.23. The SMILES string of the molecule is CN1C(=O)CCC(N2Cc3cc(NC(=O)c4ccccc4)ccc3C2=O)C1=O. The number of nitrogens with zero attached hydrogens (tertiary/aromatic N) is 2. The number of nitrogens with one attached hydrogen (secondary N) is 1. The van der Waals surface area contributed by atoms with Crippen LogP contribution in [-0.4, -0.2) is 46.5 Å². The molecule has 1 unspecified atom stereocenters. The second-order valence-corrected chi connectivity index (χ2v) is 6.97. The quantitative estimate of drug-likeness (QED) is 0.830. The number of carbonyl (C=O) groups is 4. The van der Waals surface area contributed by atoms with Gasteiger partial charge in [0.05, 0.1) is 0 Å². The number of likely N-dealkylation sites (N-methyl/N-ethyl adjacent to an activating group) is 1. The highest BCUT2D eigenvalue weighted by atomic mass is 16.2. The molecular weight excluding hydrogens is 358 g/mol. The van der Waals surface area contributed by atoms with Crippen LogP contribution in [0.3, 0.4) is 0 Å². The Morgan fingerprint density at radius 3 is 2.57 bits per heavy atom. The molecule has 0 aliphatic carbocycles. The summed E-state index contributed by atoms with van der Waals surface area (Å²) in [5.41, 5.74) is 2.40. The van der Waals surface area contributed by atoms with Gasteiger partial charge in [-0.25, -0.2) is 0 Å². The Labute approximate surface area is 161 Å². The second-order valence-electron chi connectivity index (χ2n) is 6.97. The molecule has 1 fully saturated rings. The number of benzene rings is 2. The van der Waals surface area contributed by atoms with Gasteiger partial charge in [-0.05, 0) is 42.3 Å². The van der Waals surface area contributed by atoms with Gasteiger partial charge in [-0.2, -0.15) is 0 Å². The molecule has 2 heterocycles. The molecule has 2 aromatic rings. The highest BCUT2D eigenvalue weighted by Crippen LogP contribution is 2.30. The summed E-state index contributed by atoms with van der Waals surface area (Å²) in [5, 5.41) is 2.83. The van der Waals surface area contributed by atoms with Crippen molar-refractivity contribution in [2.45, 2.75) is 25.4 Å². The van der Waals surface area contributed by atoms with Gasteiger partial charge in [0.2, 0.25) is 5.91 Å². The Balaban J connectivity index is 1.52. The van der Waals surface area contributed by atoms with E-state index < -0.39 is 6.04 Å². The van der Waals surface area contributed by atoms with Crippen LogP contribution >= 0.6 is 0 Å². The first-order valence-electron chi connectivity index (χ1n) is 9.06. The minimum atomic E-state index is -0.634. The number of fused-ring (bicyclic) bond motifs is 1. The molecule has 142 valence electrons. The van der Waals surface area contributed by atoms with Crippen molar-refractivity contribution in [3.8, 4) is 0 Å². The van der Waals surface area contributed by atoms with Crippen LogP contribution in [0.1, 0.15) is 39.1 Å². The monoisotopic (exact) mass is 377 g/mol. The smallest absolute Gasteiger partial charge is 0.255 e. The maximum atomic E-state index is 12.8. The van der Waals surface area contributed by atoms with Crippen LogP contribution in [-0.2, 0) is 16.1 Å². The van der Waals surface area contributed by atoms with Crippen molar-refractivity contribution in [2.75, 3.05) is 12.4 Å². The van der Waals surface area contributed by atoms with Crippen molar-refractivity contribution < 1.29 is 19.2 Å². The van der Waals surface area contributed by atoms with E-state index in [9.17, 15) is 19.2 Å². The number of anilines is 1. The topological polar surface area (TPSA) is 86.8 Å². The van der Waals surface area contributed by atoms with Crippen LogP contribution < -0.4 is 5.32 Å². The highest BCUT2D eigenvalue weighted by molar-refractivity contribution is 6.07. The van der Waals surface area contributed by atoms with Gasteiger partial charge < -0.3 is 10.2 Å².